The summed E-state index contributed by atoms with van der Waals surface area (Å²) in [7, 11) is 0. The van der Waals surface area contributed by atoms with Gasteiger partial charge in [-0.15, -0.1) is 0 Å². The third kappa shape index (κ3) is 4.19. The molecule has 1 heterocycles. The average molecular weight is 315 g/mol. The first-order valence-corrected chi connectivity index (χ1v) is 6.29. The quantitative estimate of drug-likeness (QED) is 0.932. The molecular formula is C14H10ClF3N2O. The predicted molar refractivity (Wildman–Crippen MR) is 73.0 cm³/mol. The molecule has 0 aliphatic heterocycles. The Bertz CT molecular complexity index is 644. The predicted octanol–water partition coefficient (Wildman–Crippen LogP) is 3.94. The number of carbonyl (C=O) groups is 1. The summed E-state index contributed by atoms with van der Waals surface area (Å²) in [5.74, 6) is -0.456. The van der Waals surface area contributed by atoms with E-state index in [1.807, 2.05) is 0 Å². The van der Waals surface area contributed by atoms with Crippen LogP contribution in [0.2, 0.25) is 5.02 Å². The van der Waals surface area contributed by atoms with Crippen LogP contribution in [-0.4, -0.2) is 10.9 Å². The van der Waals surface area contributed by atoms with Gasteiger partial charge in [0, 0.05) is 12.4 Å². The SMILES string of the molecule is O=C(Cc1ccncc1)Nc1cc(C(F)(F)F)ccc1Cl. The molecule has 110 valence electrons. The number of amides is 1. The molecule has 21 heavy (non-hydrogen) atoms. The Morgan fingerprint density at radius 1 is 1.19 bits per heavy atom. The third-order valence-electron chi connectivity index (χ3n) is 2.68. The van der Waals surface area contributed by atoms with Crippen molar-refractivity contribution >= 4 is 23.2 Å². The summed E-state index contributed by atoms with van der Waals surface area (Å²) in [5, 5.41) is 2.43. The topological polar surface area (TPSA) is 42.0 Å². The first-order valence-electron chi connectivity index (χ1n) is 5.92. The van der Waals surface area contributed by atoms with Gasteiger partial charge in [-0.2, -0.15) is 13.2 Å². The molecule has 0 unspecified atom stereocenters. The number of hydrogen-bond donors (Lipinski definition) is 1. The summed E-state index contributed by atoms with van der Waals surface area (Å²) < 4.78 is 37.9. The molecule has 2 rings (SSSR count). The van der Waals surface area contributed by atoms with Gasteiger partial charge in [0.2, 0.25) is 5.91 Å². The smallest absolute Gasteiger partial charge is 0.324 e. The zero-order valence-electron chi connectivity index (χ0n) is 10.6. The lowest BCUT2D eigenvalue weighted by molar-refractivity contribution is -0.137. The number of hydrogen-bond acceptors (Lipinski definition) is 2. The van der Waals surface area contributed by atoms with E-state index in [1.165, 1.54) is 12.4 Å². The number of carbonyl (C=O) groups excluding carboxylic acids is 1. The van der Waals surface area contributed by atoms with E-state index in [0.717, 1.165) is 18.2 Å². The molecule has 0 saturated heterocycles. The fourth-order valence-electron chi connectivity index (χ4n) is 1.68. The highest BCUT2D eigenvalue weighted by Gasteiger charge is 2.31. The van der Waals surface area contributed by atoms with Crippen molar-refractivity contribution in [3.8, 4) is 0 Å². The number of nitrogens with zero attached hydrogens (tertiary/aromatic N) is 1. The number of aromatic nitrogens is 1. The van der Waals surface area contributed by atoms with E-state index in [-0.39, 0.29) is 17.1 Å². The van der Waals surface area contributed by atoms with Crippen molar-refractivity contribution in [1.29, 1.82) is 0 Å². The normalized spacial score (nSPS) is 11.2. The van der Waals surface area contributed by atoms with Crippen molar-refractivity contribution in [3.63, 3.8) is 0 Å². The second-order valence-corrected chi connectivity index (χ2v) is 4.68. The molecule has 0 aliphatic carbocycles. The van der Waals surface area contributed by atoms with Gasteiger partial charge in [0.25, 0.3) is 0 Å². The van der Waals surface area contributed by atoms with Crippen LogP contribution in [0.4, 0.5) is 18.9 Å². The molecule has 2 aromatic rings. The van der Waals surface area contributed by atoms with Gasteiger partial charge in [-0.3, -0.25) is 9.78 Å². The van der Waals surface area contributed by atoms with Crippen molar-refractivity contribution in [1.82, 2.24) is 4.98 Å². The van der Waals surface area contributed by atoms with Crippen LogP contribution in [0.15, 0.2) is 42.7 Å². The molecule has 0 spiro atoms. The maximum atomic E-state index is 12.6. The summed E-state index contributed by atoms with van der Waals surface area (Å²) in [5.41, 5.74) is -0.234. The summed E-state index contributed by atoms with van der Waals surface area (Å²) in [4.78, 5) is 15.6. The highest BCUT2D eigenvalue weighted by Crippen LogP contribution is 2.33. The van der Waals surface area contributed by atoms with Crippen LogP contribution < -0.4 is 5.32 Å². The number of nitrogens with one attached hydrogen (secondary N) is 1. The standard InChI is InChI=1S/C14H10ClF3N2O/c15-11-2-1-10(14(16,17)18)8-12(11)20-13(21)7-9-3-5-19-6-4-9/h1-6,8H,7H2,(H,20,21). The zero-order valence-corrected chi connectivity index (χ0v) is 11.4. The van der Waals surface area contributed by atoms with E-state index >= 15 is 0 Å². The summed E-state index contributed by atoms with van der Waals surface area (Å²) >= 11 is 5.80. The van der Waals surface area contributed by atoms with Crippen molar-refractivity contribution in [3.05, 3.63) is 58.9 Å². The van der Waals surface area contributed by atoms with Crippen LogP contribution in [0, 0.1) is 0 Å². The number of alkyl halides is 3. The molecular weight excluding hydrogens is 305 g/mol. The van der Waals surface area contributed by atoms with E-state index in [4.69, 9.17) is 11.6 Å². The minimum Gasteiger partial charge on any atom is -0.324 e. The summed E-state index contributed by atoms with van der Waals surface area (Å²) in [6, 6.07) is 6.07. The fourth-order valence-corrected chi connectivity index (χ4v) is 1.84. The zero-order chi connectivity index (χ0) is 15.5. The molecule has 7 heteroatoms. The van der Waals surface area contributed by atoms with Crippen LogP contribution in [0.3, 0.4) is 0 Å². The first-order chi connectivity index (χ1) is 9.86. The Morgan fingerprint density at radius 2 is 1.86 bits per heavy atom. The van der Waals surface area contributed by atoms with Crippen molar-refractivity contribution in [2.45, 2.75) is 12.6 Å². The Kier molecular flexibility index (Phi) is 4.47. The Balaban J connectivity index is 2.14. The second kappa shape index (κ2) is 6.13. The van der Waals surface area contributed by atoms with E-state index in [0.29, 0.717) is 5.56 Å². The molecule has 0 bridgehead atoms. The number of anilines is 1. The average Bonchev–Trinajstić information content (AvgIpc) is 2.41. The van der Waals surface area contributed by atoms with Crippen LogP contribution in [-0.2, 0) is 17.4 Å². The van der Waals surface area contributed by atoms with Gasteiger partial charge in [-0.05, 0) is 35.9 Å². The van der Waals surface area contributed by atoms with Gasteiger partial charge in [-0.1, -0.05) is 11.6 Å². The van der Waals surface area contributed by atoms with Crippen LogP contribution in [0.5, 0.6) is 0 Å². The fraction of sp³-hybridized carbons (Fsp3) is 0.143. The van der Waals surface area contributed by atoms with Gasteiger partial charge in [0.05, 0.1) is 22.7 Å². The van der Waals surface area contributed by atoms with Gasteiger partial charge >= 0.3 is 6.18 Å². The van der Waals surface area contributed by atoms with E-state index in [2.05, 4.69) is 10.3 Å². The molecule has 0 aliphatic rings. The lowest BCUT2D eigenvalue weighted by atomic mass is 10.1. The lowest BCUT2D eigenvalue weighted by Gasteiger charge is -2.11. The molecule has 0 atom stereocenters. The Hall–Kier alpha value is -2.08. The maximum Gasteiger partial charge on any atom is 0.416 e. The number of rotatable bonds is 3. The molecule has 0 fully saturated rings. The largest absolute Gasteiger partial charge is 0.416 e. The van der Waals surface area contributed by atoms with Crippen LogP contribution in [0.25, 0.3) is 0 Å². The second-order valence-electron chi connectivity index (χ2n) is 4.27. The van der Waals surface area contributed by atoms with Gasteiger partial charge < -0.3 is 5.32 Å². The maximum absolute atomic E-state index is 12.6. The van der Waals surface area contributed by atoms with Crippen LogP contribution in [0.1, 0.15) is 11.1 Å². The highest BCUT2D eigenvalue weighted by atomic mass is 35.5. The summed E-state index contributed by atoms with van der Waals surface area (Å²) in [6.45, 7) is 0. The van der Waals surface area contributed by atoms with Crippen molar-refractivity contribution in [2.75, 3.05) is 5.32 Å². The number of pyridine rings is 1. The number of benzene rings is 1. The minimum atomic E-state index is -4.49. The Morgan fingerprint density at radius 3 is 2.48 bits per heavy atom. The molecule has 3 nitrogen and oxygen atoms in total. The molecule has 1 N–H and O–H groups in total. The highest BCUT2D eigenvalue weighted by molar-refractivity contribution is 6.33. The van der Waals surface area contributed by atoms with Gasteiger partial charge in [0.15, 0.2) is 0 Å². The van der Waals surface area contributed by atoms with E-state index < -0.39 is 17.6 Å². The van der Waals surface area contributed by atoms with E-state index in [1.54, 1.807) is 12.1 Å². The first kappa shape index (κ1) is 15.3. The van der Waals surface area contributed by atoms with Crippen LogP contribution >= 0.6 is 11.6 Å². The van der Waals surface area contributed by atoms with E-state index in [9.17, 15) is 18.0 Å². The lowest BCUT2D eigenvalue weighted by Crippen LogP contribution is -2.15. The third-order valence-corrected chi connectivity index (χ3v) is 3.01. The molecule has 1 aromatic carbocycles. The van der Waals surface area contributed by atoms with Crippen molar-refractivity contribution < 1.29 is 18.0 Å². The monoisotopic (exact) mass is 314 g/mol. The minimum absolute atomic E-state index is 0.0229. The Labute approximate surface area is 123 Å². The molecule has 0 saturated carbocycles. The van der Waals surface area contributed by atoms with Crippen molar-refractivity contribution in [2.24, 2.45) is 0 Å². The molecule has 0 radical (unpaired) electrons. The van der Waals surface area contributed by atoms with Gasteiger partial charge in [0.1, 0.15) is 0 Å². The summed E-state index contributed by atoms with van der Waals surface area (Å²) in [6.07, 6.45) is -1.41. The van der Waals surface area contributed by atoms with Gasteiger partial charge in [-0.25, -0.2) is 0 Å². The number of halogens is 4. The molecule has 1 aromatic heterocycles. The molecule has 1 amide bonds.